The third kappa shape index (κ3) is 3.98. The number of carboxylic acids is 1. The predicted molar refractivity (Wildman–Crippen MR) is 76.4 cm³/mol. The van der Waals surface area contributed by atoms with Crippen LogP contribution in [0.3, 0.4) is 0 Å². The molecular formula is C15H15FN2O4. The number of halogens is 1. The maximum absolute atomic E-state index is 13.0. The molecular weight excluding hydrogens is 291 g/mol. The maximum atomic E-state index is 13.0. The molecule has 2 rings (SSSR count). The molecule has 0 aliphatic rings. The standard InChI is InChI=1S/C15H15FN2O4/c1-21-7-2-8-22-14-13(10-3-5-11(16)6-4-10)18-12(9-17-14)15(19)20/h3-6,9H,2,7-8H2,1H3,(H,19,20). The number of aromatic carboxylic acids is 1. The number of ether oxygens (including phenoxy) is 2. The van der Waals surface area contributed by atoms with Crippen LogP contribution < -0.4 is 4.74 Å². The summed E-state index contributed by atoms with van der Waals surface area (Å²) in [5.74, 6) is -1.39. The number of benzene rings is 1. The second kappa shape index (κ2) is 7.46. The van der Waals surface area contributed by atoms with Gasteiger partial charge in [-0.2, -0.15) is 0 Å². The van der Waals surface area contributed by atoms with Crippen molar-refractivity contribution in [2.24, 2.45) is 0 Å². The zero-order valence-electron chi connectivity index (χ0n) is 12.0. The third-order valence-corrected chi connectivity index (χ3v) is 2.81. The van der Waals surface area contributed by atoms with E-state index in [1.54, 1.807) is 7.11 Å². The van der Waals surface area contributed by atoms with Gasteiger partial charge in [0.1, 0.15) is 11.5 Å². The number of nitrogens with zero attached hydrogens (tertiary/aromatic N) is 2. The van der Waals surface area contributed by atoms with E-state index in [0.29, 0.717) is 25.2 Å². The first-order chi connectivity index (χ1) is 10.6. The molecule has 0 aliphatic carbocycles. The smallest absolute Gasteiger partial charge is 0.356 e. The first kappa shape index (κ1) is 15.8. The Balaban J connectivity index is 2.31. The normalized spacial score (nSPS) is 10.5. The summed E-state index contributed by atoms with van der Waals surface area (Å²) in [6.07, 6.45) is 1.78. The van der Waals surface area contributed by atoms with E-state index in [9.17, 15) is 9.18 Å². The van der Waals surface area contributed by atoms with Gasteiger partial charge < -0.3 is 14.6 Å². The van der Waals surface area contributed by atoms with Crippen molar-refractivity contribution in [3.8, 4) is 17.1 Å². The van der Waals surface area contributed by atoms with Crippen molar-refractivity contribution in [1.29, 1.82) is 0 Å². The van der Waals surface area contributed by atoms with Crippen molar-refractivity contribution in [2.45, 2.75) is 6.42 Å². The van der Waals surface area contributed by atoms with E-state index < -0.39 is 11.8 Å². The van der Waals surface area contributed by atoms with Crippen LogP contribution in [0.4, 0.5) is 4.39 Å². The van der Waals surface area contributed by atoms with Crippen LogP contribution in [0.25, 0.3) is 11.3 Å². The first-order valence-corrected chi connectivity index (χ1v) is 6.60. The number of aromatic nitrogens is 2. The van der Waals surface area contributed by atoms with Gasteiger partial charge in [-0.15, -0.1) is 0 Å². The summed E-state index contributed by atoms with van der Waals surface area (Å²) < 4.78 is 23.5. The molecule has 1 aromatic carbocycles. The average Bonchev–Trinajstić information content (AvgIpc) is 2.52. The molecule has 1 N–H and O–H groups in total. The summed E-state index contributed by atoms with van der Waals surface area (Å²) >= 11 is 0. The monoisotopic (exact) mass is 306 g/mol. The fourth-order valence-corrected chi connectivity index (χ4v) is 1.75. The topological polar surface area (TPSA) is 81.5 Å². The van der Waals surface area contributed by atoms with Gasteiger partial charge in [-0.1, -0.05) is 0 Å². The van der Waals surface area contributed by atoms with Gasteiger partial charge in [0, 0.05) is 25.7 Å². The van der Waals surface area contributed by atoms with Crippen LogP contribution in [-0.2, 0) is 4.74 Å². The van der Waals surface area contributed by atoms with E-state index in [2.05, 4.69) is 9.97 Å². The lowest BCUT2D eigenvalue weighted by molar-refractivity contribution is 0.0690. The summed E-state index contributed by atoms with van der Waals surface area (Å²) in [5.41, 5.74) is 0.583. The van der Waals surface area contributed by atoms with Crippen LogP contribution in [0.1, 0.15) is 16.9 Å². The van der Waals surface area contributed by atoms with E-state index in [1.165, 1.54) is 24.3 Å². The number of carboxylic acid groups (broad SMARTS) is 1. The second-order valence-corrected chi connectivity index (χ2v) is 4.42. The molecule has 0 bridgehead atoms. The van der Waals surface area contributed by atoms with Gasteiger partial charge in [-0.25, -0.2) is 19.2 Å². The zero-order chi connectivity index (χ0) is 15.9. The minimum atomic E-state index is -1.19. The molecule has 0 unspecified atom stereocenters. The maximum Gasteiger partial charge on any atom is 0.356 e. The number of methoxy groups -OCH3 is 1. The molecule has 2 aromatic rings. The molecule has 6 nitrogen and oxygen atoms in total. The van der Waals surface area contributed by atoms with Gasteiger partial charge in [-0.3, -0.25) is 0 Å². The predicted octanol–water partition coefficient (Wildman–Crippen LogP) is 2.40. The Morgan fingerprint density at radius 2 is 2.00 bits per heavy atom. The lowest BCUT2D eigenvalue weighted by Crippen LogP contribution is -2.08. The fourth-order valence-electron chi connectivity index (χ4n) is 1.75. The number of hydrogen-bond acceptors (Lipinski definition) is 5. The average molecular weight is 306 g/mol. The molecule has 1 heterocycles. The van der Waals surface area contributed by atoms with Gasteiger partial charge in [-0.05, 0) is 24.3 Å². The first-order valence-electron chi connectivity index (χ1n) is 6.60. The van der Waals surface area contributed by atoms with Crippen molar-refractivity contribution >= 4 is 5.97 Å². The van der Waals surface area contributed by atoms with E-state index >= 15 is 0 Å². The Kier molecular flexibility index (Phi) is 5.37. The fraction of sp³-hybridized carbons (Fsp3) is 0.267. The highest BCUT2D eigenvalue weighted by atomic mass is 19.1. The van der Waals surface area contributed by atoms with Gasteiger partial charge in [0.15, 0.2) is 5.69 Å². The van der Waals surface area contributed by atoms with E-state index in [4.69, 9.17) is 14.6 Å². The number of hydrogen-bond donors (Lipinski definition) is 1. The summed E-state index contributed by atoms with van der Waals surface area (Å²) in [7, 11) is 1.59. The second-order valence-electron chi connectivity index (χ2n) is 4.42. The van der Waals surface area contributed by atoms with Crippen LogP contribution in [0, 0.1) is 5.82 Å². The minimum Gasteiger partial charge on any atom is -0.476 e. The molecule has 22 heavy (non-hydrogen) atoms. The third-order valence-electron chi connectivity index (χ3n) is 2.81. The number of rotatable bonds is 7. The van der Waals surface area contributed by atoms with Crippen molar-refractivity contribution < 1.29 is 23.8 Å². The lowest BCUT2D eigenvalue weighted by atomic mass is 10.1. The Hall–Kier alpha value is -2.54. The van der Waals surface area contributed by atoms with Gasteiger partial charge in [0.05, 0.1) is 12.8 Å². The lowest BCUT2D eigenvalue weighted by Gasteiger charge is -2.10. The van der Waals surface area contributed by atoms with Crippen LogP contribution in [-0.4, -0.2) is 41.4 Å². The van der Waals surface area contributed by atoms with Crippen molar-refractivity contribution in [3.63, 3.8) is 0 Å². The SMILES string of the molecule is COCCCOc1ncc(C(=O)O)nc1-c1ccc(F)cc1. The molecule has 1 aromatic heterocycles. The van der Waals surface area contributed by atoms with Gasteiger partial charge >= 0.3 is 5.97 Å². The molecule has 116 valence electrons. The summed E-state index contributed by atoms with van der Waals surface area (Å²) in [6, 6.07) is 5.51. The van der Waals surface area contributed by atoms with Gasteiger partial charge in [0.25, 0.3) is 0 Å². The molecule has 0 fully saturated rings. The van der Waals surface area contributed by atoms with E-state index in [-0.39, 0.29) is 17.3 Å². The van der Waals surface area contributed by atoms with Crippen LogP contribution in [0.15, 0.2) is 30.5 Å². The van der Waals surface area contributed by atoms with Crippen LogP contribution in [0.2, 0.25) is 0 Å². The molecule has 0 amide bonds. The van der Waals surface area contributed by atoms with Crippen molar-refractivity contribution in [2.75, 3.05) is 20.3 Å². The number of carbonyl (C=O) groups is 1. The van der Waals surface area contributed by atoms with Crippen LogP contribution in [0.5, 0.6) is 5.88 Å². The molecule has 7 heteroatoms. The highest BCUT2D eigenvalue weighted by molar-refractivity contribution is 5.86. The Bertz CT molecular complexity index is 646. The van der Waals surface area contributed by atoms with E-state index in [0.717, 1.165) is 6.20 Å². The highest BCUT2D eigenvalue weighted by Crippen LogP contribution is 2.26. The highest BCUT2D eigenvalue weighted by Gasteiger charge is 2.15. The summed E-state index contributed by atoms with van der Waals surface area (Å²) in [4.78, 5) is 19.1. The summed E-state index contributed by atoms with van der Waals surface area (Å²) in [5, 5.41) is 9.02. The molecule has 0 saturated carbocycles. The Labute approximate surface area is 126 Å². The molecule has 0 saturated heterocycles. The quantitative estimate of drug-likeness (QED) is 0.791. The Morgan fingerprint density at radius 1 is 1.27 bits per heavy atom. The molecule has 0 radical (unpaired) electrons. The van der Waals surface area contributed by atoms with E-state index in [1.807, 2.05) is 0 Å². The molecule has 0 atom stereocenters. The Morgan fingerprint density at radius 3 is 2.64 bits per heavy atom. The van der Waals surface area contributed by atoms with Gasteiger partial charge in [0.2, 0.25) is 5.88 Å². The van der Waals surface area contributed by atoms with Crippen molar-refractivity contribution in [1.82, 2.24) is 9.97 Å². The molecule has 0 aliphatic heterocycles. The minimum absolute atomic E-state index is 0.202. The van der Waals surface area contributed by atoms with Crippen molar-refractivity contribution in [3.05, 3.63) is 42.0 Å². The molecule has 0 spiro atoms. The van der Waals surface area contributed by atoms with Crippen LogP contribution >= 0.6 is 0 Å². The summed E-state index contributed by atoms with van der Waals surface area (Å²) in [6.45, 7) is 0.885. The largest absolute Gasteiger partial charge is 0.476 e. The zero-order valence-corrected chi connectivity index (χ0v) is 12.0.